The van der Waals surface area contributed by atoms with Crippen LogP contribution in [0.25, 0.3) is 5.78 Å². The molecule has 0 saturated carbocycles. The molecule has 1 N–H and O–H groups in total. The van der Waals surface area contributed by atoms with Crippen molar-refractivity contribution in [1.29, 1.82) is 0 Å². The third-order valence-corrected chi connectivity index (χ3v) is 2.87. The van der Waals surface area contributed by atoms with Gasteiger partial charge >= 0.3 is 5.97 Å². The van der Waals surface area contributed by atoms with Crippen LogP contribution in [-0.4, -0.2) is 39.7 Å². The molecule has 0 aliphatic heterocycles. The van der Waals surface area contributed by atoms with Gasteiger partial charge in [-0.25, -0.2) is 14.2 Å². The highest BCUT2D eigenvalue weighted by Crippen LogP contribution is 2.30. The molecule has 2 aromatic rings. The number of hydrogen-bond donors (Lipinski definition) is 1. The second-order valence-electron chi connectivity index (χ2n) is 5.34. The summed E-state index contributed by atoms with van der Waals surface area (Å²) in [5.41, 5.74) is 0.0724. The molecular formula is C13H17N3O4. The van der Waals surface area contributed by atoms with Crippen LogP contribution in [0.1, 0.15) is 37.0 Å². The molecule has 7 heteroatoms. The number of fused-ring (bicyclic) bond motifs is 1. The first kappa shape index (κ1) is 14.1. The topological polar surface area (TPSA) is 86.0 Å². The maximum absolute atomic E-state index is 11.6. The Bertz CT molecular complexity index is 670. The molecule has 0 aliphatic carbocycles. The number of aromatic nitrogens is 3. The number of carboxylic acid groups (broad SMARTS) is 1. The average Bonchev–Trinajstić information content (AvgIpc) is 2.76. The van der Waals surface area contributed by atoms with Crippen molar-refractivity contribution in [3.63, 3.8) is 0 Å². The standard InChI is InChI=1S/C13H17N3O4/c1-13(2,3)10-9(11(17)18)16-8(20-5)6-7(19-4)14-12(16)15-10/h6H,1-5H3,(H,17,18). The van der Waals surface area contributed by atoms with E-state index in [2.05, 4.69) is 9.97 Å². The molecule has 0 atom stereocenters. The van der Waals surface area contributed by atoms with Gasteiger partial charge in [0.05, 0.1) is 26.0 Å². The minimum atomic E-state index is -1.08. The molecular weight excluding hydrogens is 262 g/mol. The molecule has 0 saturated heterocycles. The number of aromatic carboxylic acids is 1. The van der Waals surface area contributed by atoms with Crippen LogP contribution < -0.4 is 9.47 Å². The Morgan fingerprint density at radius 2 is 1.90 bits per heavy atom. The lowest BCUT2D eigenvalue weighted by molar-refractivity contribution is 0.0685. The maximum atomic E-state index is 11.6. The van der Waals surface area contributed by atoms with Crippen molar-refractivity contribution < 1.29 is 19.4 Å². The molecule has 0 radical (unpaired) electrons. The van der Waals surface area contributed by atoms with Gasteiger partial charge in [0, 0.05) is 5.41 Å². The van der Waals surface area contributed by atoms with Crippen LogP contribution in [0, 0.1) is 0 Å². The number of hydrogen-bond acceptors (Lipinski definition) is 5. The Balaban J connectivity index is 2.91. The van der Waals surface area contributed by atoms with E-state index in [9.17, 15) is 9.90 Å². The number of carbonyl (C=O) groups is 1. The van der Waals surface area contributed by atoms with Crippen molar-refractivity contribution in [3.8, 4) is 11.8 Å². The molecule has 0 unspecified atom stereocenters. The minimum absolute atomic E-state index is 0.0551. The summed E-state index contributed by atoms with van der Waals surface area (Å²) in [6.07, 6.45) is 0. The van der Waals surface area contributed by atoms with Crippen molar-refractivity contribution in [2.24, 2.45) is 0 Å². The van der Waals surface area contributed by atoms with Crippen LogP contribution in [0.15, 0.2) is 6.07 Å². The number of rotatable bonds is 3. The van der Waals surface area contributed by atoms with Crippen molar-refractivity contribution in [3.05, 3.63) is 17.5 Å². The van der Waals surface area contributed by atoms with E-state index in [1.54, 1.807) is 0 Å². The summed E-state index contributed by atoms with van der Waals surface area (Å²) in [6.45, 7) is 5.68. The summed E-state index contributed by atoms with van der Waals surface area (Å²) in [5.74, 6) is -0.208. The largest absolute Gasteiger partial charge is 0.482 e. The Morgan fingerprint density at radius 3 is 2.35 bits per heavy atom. The fourth-order valence-electron chi connectivity index (χ4n) is 1.97. The van der Waals surface area contributed by atoms with Crippen molar-refractivity contribution in [1.82, 2.24) is 14.4 Å². The Labute approximate surface area is 116 Å². The summed E-state index contributed by atoms with van der Waals surface area (Å²) >= 11 is 0. The van der Waals surface area contributed by atoms with Gasteiger partial charge in [0.15, 0.2) is 5.69 Å². The molecule has 0 amide bonds. The number of imidazole rings is 1. The van der Waals surface area contributed by atoms with Crippen LogP contribution >= 0.6 is 0 Å². The summed E-state index contributed by atoms with van der Waals surface area (Å²) in [6, 6.07) is 1.52. The summed E-state index contributed by atoms with van der Waals surface area (Å²) in [4.78, 5) is 20.1. The van der Waals surface area contributed by atoms with Gasteiger partial charge in [-0.3, -0.25) is 0 Å². The zero-order valence-electron chi connectivity index (χ0n) is 12.1. The zero-order chi connectivity index (χ0) is 15.1. The van der Waals surface area contributed by atoms with E-state index in [1.165, 1.54) is 24.7 Å². The van der Waals surface area contributed by atoms with Gasteiger partial charge in [-0.1, -0.05) is 20.8 Å². The third kappa shape index (κ3) is 2.15. The summed E-state index contributed by atoms with van der Waals surface area (Å²) in [7, 11) is 2.93. The normalized spacial score (nSPS) is 11.7. The molecule has 2 aromatic heterocycles. The first-order valence-corrected chi connectivity index (χ1v) is 6.05. The molecule has 0 fully saturated rings. The van der Waals surface area contributed by atoms with Crippen molar-refractivity contribution in [2.45, 2.75) is 26.2 Å². The van der Waals surface area contributed by atoms with Gasteiger partial charge in [0.1, 0.15) is 0 Å². The van der Waals surface area contributed by atoms with E-state index in [1.807, 2.05) is 20.8 Å². The fraction of sp³-hybridized carbons (Fsp3) is 0.462. The van der Waals surface area contributed by atoms with Gasteiger partial charge in [-0.2, -0.15) is 4.98 Å². The monoisotopic (exact) mass is 279 g/mol. The number of methoxy groups -OCH3 is 2. The van der Waals surface area contributed by atoms with Gasteiger partial charge in [0.25, 0.3) is 0 Å². The second kappa shape index (κ2) is 4.66. The Kier molecular flexibility index (Phi) is 3.29. The smallest absolute Gasteiger partial charge is 0.355 e. The maximum Gasteiger partial charge on any atom is 0.355 e. The van der Waals surface area contributed by atoms with E-state index in [-0.39, 0.29) is 11.5 Å². The van der Waals surface area contributed by atoms with Crippen LogP contribution in [0.4, 0.5) is 0 Å². The van der Waals surface area contributed by atoms with E-state index < -0.39 is 11.4 Å². The quantitative estimate of drug-likeness (QED) is 0.921. The van der Waals surface area contributed by atoms with Crippen LogP contribution in [0.2, 0.25) is 0 Å². The molecule has 7 nitrogen and oxygen atoms in total. The molecule has 20 heavy (non-hydrogen) atoms. The lowest BCUT2D eigenvalue weighted by atomic mass is 9.91. The highest BCUT2D eigenvalue weighted by Gasteiger charge is 2.30. The highest BCUT2D eigenvalue weighted by molar-refractivity contribution is 5.89. The van der Waals surface area contributed by atoms with Crippen LogP contribution in [0.3, 0.4) is 0 Å². The van der Waals surface area contributed by atoms with Crippen LogP contribution in [0.5, 0.6) is 11.8 Å². The van der Waals surface area contributed by atoms with Gasteiger partial charge in [-0.05, 0) is 0 Å². The zero-order valence-corrected chi connectivity index (χ0v) is 12.1. The fourth-order valence-corrected chi connectivity index (χ4v) is 1.97. The molecule has 0 spiro atoms. The lowest BCUT2D eigenvalue weighted by Gasteiger charge is -2.16. The Morgan fingerprint density at radius 1 is 1.25 bits per heavy atom. The van der Waals surface area contributed by atoms with Crippen molar-refractivity contribution >= 4 is 11.7 Å². The first-order valence-electron chi connectivity index (χ1n) is 6.05. The van der Waals surface area contributed by atoms with E-state index in [0.29, 0.717) is 17.5 Å². The molecule has 2 heterocycles. The molecule has 108 valence electrons. The predicted octanol–water partition coefficient (Wildman–Crippen LogP) is 1.74. The summed E-state index contributed by atoms with van der Waals surface area (Å²) in [5, 5.41) is 9.49. The van der Waals surface area contributed by atoms with E-state index in [0.717, 1.165) is 0 Å². The molecule has 0 bridgehead atoms. The molecule has 2 rings (SSSR count). The van der Waals surface area contributed by atoms with E-state index >= 15 is 0 Å². The summed E-state index contributed by atoms with van der Waals surface area (Å²) < 4.78 is 11.7. The SMILES string of the molecule is COc1cc(OC)n2c(C(=O)O)c(C(C)(C)C)nc2n1. The third-order valence-electron chi connectivity index (χ3n) is 2.87. The van der Waals surface area contributed by atoms with Crippen LogP contribution in [-0.2, 0) is 5.41 Å². The highest BCUT2D eigenvalue weighted by atomic mass is 16.5. The predicted molar refractivity (Wildman–Crippen MR) is 71.8 cm³/mol. The van der Waals surface area contributed by atoms with Gasteiger partial charge < -0.3 is 14.6 Å². The molecule has 0 aliphatic rings. The minimum Gasteiger partial charge on any atom is -0.482 e. The first-order chi connectivity index (χ1) is 9.29. The lowest BCUT2D eigenvalue weighted by Crippen LogP contribution is -2.18. The van der Waals surface area contributed by atoms with E-state index in [4.69, 9.17) is 9.47 Å². The number of ether oxygens (including phenoxy) is 2. The van der Waals surface area contributed by atoms with Crippen molar-refractivity contribution in [2.75, 3.05) is 14.2 Å². The average molecular weight is 279 g/mol. The number of nitrogens with zero attached hydrogens (tertiary/aromatic N) is 3. The molecule has 0 aromatic carbocycles. The van der Waals surface area contributed by atoms with Gasteiger partial charge in [-0.15, -0.1) is 0 Å². The van der Waals surface area contributed by atoms with Gasteiger partial charge in [0.2, 0.25) is 17.5 Å². The second-order valence-corrected chi connectivity index (χ2v) is 5.34. The number of carboxylic acids is 1. The Hall–Kier alpha value is -2.31.